The van der Waals surface area contributed by atoms with Crippen LogP contribution in [0, 0.1) is 13.8 Å². The van der Waals surface area contributed by atoms with Crippen LogP contribution in [0.3, 0.4) is 0 Å². The van der Waals surface area contributed by atoms with E-state index in [2.05, 4.69) is 25.0 Å². The molecule has 0 radical (unpaired) electrons. The second kappa shape index (κ2) is 6.12. The van der Waals surface area contributed by atoms with Crippen molar-refractivity contribution in [1.82, 2.24) is 29.5 Å². The lowest BCUT2D eigenvalue weighted by molar-refractivity contribution is 0.842. The van der Waals surface area contributed by atoms with E-state index in [0.29, 0.717) is 38.4 Å². The van der Waals surface area contributed by atoms with Gasteiger partial charge in [-0.05, 0) is 38.1 Å². The molecule has 0 unspecified atom stereocenters. The number of benzene rings is 1. The summed E-state index contributed by atoms with van der Waals surface area (Å²) in [5, 5.41) is 6.00. The Hall–Kier alpha value is -2.45. The molecular formula is C16H13ClN6OS. The fraction of sp³-hybridized carbons (Fsp3) is 0.188. The lowest BCUT2D eigenvalue weighted by atomic mass is 10.2. The Morgan fingerprint density at radius 2 is 2.04 bits per heavy atom. The zero-order valence-corrected chi connectivity index (χ0v) is 15.0. The predicted molar refractivity (Wildman–Crippen MR) is 97.2 cm³/mol. The van der Waals surface area contributed by atoms with Gasteiger partial charge < -0.3 is 4.98 Å². The van der Waals surface area contributed by atoms with E-state index in [9.17, 15) is 4.79 Å². The first-order chi connectivity index (χ1) is 12.0. The maximum Gasteiger partial charge on any atom is 0.258 e. The van der Waals surface area contributed by atoms with Gasteiger partial charge in [0.25, 0.3) is 11.3 Å². The van der Waals surface area contributed by atoms with Crippen LogP contribution in [0.15, 0.2) is 34.2 Å². The van der Waals surface area contributed by atoms with E-state index in [-0.39, 0.29) is 5.56 Å². The van der Waals surface area contributed by atoms with E-state index in [1.165, 1.54) is 11.8 Å². The Morgan fingerprint density at radius 1 is 1.20 bits per heavy atom. The minimum Gasteiger partial charge on any atom is -0.309 e. The molecule has 0 aliphatic heterocycles. The molecule has 0 bridgehead atoms. The molecule has 4 aromatic rings. The number of hydrogen-bond donors (Lipinski definition) is 1. The van der Waals surface area contributed by atoms with Gasteiger partial charge in [-0.25, -0.2) is 14.5 Å². The Morgan fingerprint density at radius 3 is 2.88 bits per heavy atom. The lowest BCUT2D eigenvalue weighted by Crippen LogP contribution is -2.11. The van der Waals surface area contributed by atoms with Gasteiger partial charge >= 0.3 is 0 Å². The Kier molecular flexibility index (Phi) is 3.93. The molecule has 0 saturated heterocycles. The van der Waals surface area contributed by atoms with Gasteiger partial charge in [-0.15, -0.1) is 5.10 Å². The highest BCUT2D eigenvalue weighted by Crippen LogP contribution is 2.20. The van der Waals surface area contributed by atoms with Gasteiger partial charge in [-0.3, -0.25) is 4.79 Å². The van der Waals surface area contributed by atoms with Gasteiger partial charge in [0.2, 0.25) is 5.16 Å². The molecule has 0 saturated carbocycles. The van der Waals surface area contributed by atoms with Gasteiger partial charge in [0, 0.05) is 16.4 Å². The summed E-state index contributed by atoms with van der Waals surface area (Å²) < 4.78 is 1.70. The molecule has 0 atom stereocenters. The number of aromatic nitrogens is 6. The first-order valence-electron chi connectivity index (χ1n) is 7.52. The molecular weight excluding hydrogens is 360 g/mol. The number of nitrogens with one attached hydrogen (secondary N) is 1. The highest BCUT2D eigenvalue weighted by molar-refractivity contribution is 7.98. The van der Waals surface area contributed by atoms with Crippen LogP contribution < -0.4 is 5.56 Å². The Labute approximate surface area is 151 Å². The van der Waals surface area contributed by atoms with Crippen molar-refractivity contribution in [2.45, 2.75) is 24.8 Å². The second-order valence-electron chi connectivity index (χ2n) is 5.61. The van der Waals surface area contributed by atoms with Crippen molar-refractivity contribution in [1.29, 1.82) is 0 Å². The summed E-state index contributed by atoms with van der Waals surface area (Å²) >= 11 is 7.32. The summed E-state index contributed by atoms with van der Waals surface area (Å²) in [6.45, 7) is 3.88. The van der Waals surface area contributed by atoms with Gasteiger partial charge in [0.15, 0.2) is 0 Å². The molecule has 0 fully saturated rings. The lowest BCUT2D eigenvalue weighted by Gasteiger charge is -2.02. The van der Waals surface area contributed by atoms with Gasteiger partial charge in [-0.1, -0.05) is 23.4 Å². The van der Waals surface area contributed by atoms with E-state index in [4.69, 9.17) is 11.6 Å². The Bertz CT molecular complexity index is 1170. The third-order valence-electron chi connectivity index (χ3n) is 3.65. The van der Waals surface area contributed by atoms with Crippen molar-refractivity contribution >= 4 is 40.0 Å². The molecule has 1 N–H and O–H groups in total. The van der Waals surface area contributed by atoms with Crippen molar-refractivity contribution in [3.8, 4) is 0 Å². The quantitative estimate of drug-likeness (QED) is 0.556. The van der Waals surface area contributed by atoms with Crippen molar-refractivity contribution in [3.05, 3.63) is 56.9 Å². The van der Waals surface area contributed by atoms with Crippen LogP contribution in [0.25, 0.3) is 16.7 Å². The topological polar surface area (TPSA) is 88.8 Å². The summed E-state index contributed by atoms with van der Waals surface area (Å²) in [6.07, 6.45) is 0. The number of aryl methyl sites for hydroxylation is 2. The number of nitrogens with zero attached hydrogens (tertiary/aromatic N) is 5. The Balaban J connectivity index is 1.63. The maximum absolute atomic E-state index is 12.2. The van der Waals surface area contributed by atoms with Gasteiger partial charge in [-0.2, -0.15) is 4.98 Å². The summed E-state index contributed by atoms with van der Waals surface area (Å²) in [7, 11) is 0. The number of H-pyrrole nitrogens is 1. The molecule has 126 valence electrons. The molecule has 3 heterocycles. The summed E-state index contributed by atoms with van der Waals surface area (Å²) in [4.78, 5) is 28.2. The van der Waals surface area contributed by atoms with Crippen LogP contribution in [0.1, 0.15) is 17.2 Å². The van der Waals surface area contributed by atoms with E-state index in [1.807, 2.05) is 19.9 Å². The number of rotatable bonds is 3. The monoisotopic (exact) mass is 372 g/mol. The molecule has 25 heavy (non-hydrogen) atoms. The minimum absolute atomic E-state index is 0.209. The number of hydrogen-bond acceptors (Lipinski definition) is 6. The molecule has 0 aliphatic carbocycles. The largest absolute Gasteiger partial charge is 0.309 e. The van der Waals surface area contributed by atoms with Crippen molar-refractivity contribution < 1.29 is 0 Å². The van der Waals surface area contributed by atoms with E-state index in [0.717, 1.165) is 11.4 Å². The van der Waals surface area contributed by atoms with E-state index < -0.39 is 0 Å². The zero-order valence-electron chi connectivity index (χ0n) is 13.4. The minimum atomic E-state index is -0.209. The van der Waals surface area contributed by atoms with E-state index in [1.54, 1.807) is 22.7 Å². The molecule has 0 spiro atoms. The standard InChI is InChI=1S/C16H13ClN6OS/c1-8-5-9(2)23-15(18-8)21-16(22-23)25-7-13-19-12-4-3-10(17)6-11(12)14(24)20-13/h3-6H,7H2,1-2H3,(H,19,20,24). The maximum atomic E-state index is 12.2. The van der Waals surface area contributed by atoms with Crippen LogP contribution in [0.4, 0.5) is 0 Å². The van der Waals surface area contributed by atoms with Crippen LogP contribution in [0.5, 0.6) is 0 Å². The second-order valence-corrected chi connectivity index (χ2v) is 6.99. The molecule has 3 aromatic heterocycles. The molecule has 1 aromatic carbocycles. The van der Waals surface area contributed by atoms with Crippen LogP contribution in [-0.4, -0.2) is 29.5 Å². The number of thioether (sulfide) groups is 1. The predicted octanol–water partition coefficient (Wildman–Crippen LogP) is 2.92. The molecule has 7 nitrogen and oxygen atoms in total. The SMILES string of the molecule is Cc1cc(C)n2nc(SCc3nc4ccc(Cl)cc4c(=O)[nH]3)nc2n1. The van der Waals surface area contributed by atoms with E-state index >= 15 is 0 Å². The van der Waals surface area contributed by atoms with Crippen LogP contribution >= 0.6 is 23.4 Å². The first kappa shape index (κ1) is 16.0. The molecule has 4 rings (SSSR count). The van der Waals surface area contributed by atoms with Crippen LogP contribution in [-0.2, 0) is 5.75 Å². The molecule has 0 amide bonds. The normalized spacial score (nSPS) is 11.5. The third-order valence-corrected chi connectivity index (χ3v) is 4.74. The number of aromatic amines is 1. The summed E-state index contributed by atoms with van der Waals surface area (Å²) in [5.41, 5.74) is 2.27. The fourth-order valence-corrected chi connectivity index (χ4v) is 3.43. The van der Waals surface area contributed by atoms with Crippen molar-refractivity contribution in [3.63, 3.8) is 0 Å². The molecule has 0 aliphatic rings. The van der Waals surface area contributed by atoms with Crippen molar-refractivity contribution in [2.75, 3.05) is 0 Å². The number of fused-ring (bicyclic) bond motifs is 2. The highest BCUT2D eigenvalue weighted by atomic mass is 35.5. The highest BCUT2D eigenvalue weighted by Gasteiger charge is 2.10. The number of halogens is 1. The zero-order chi connectivity index (χ0) is 17.6. The summed E-state index contributed by atoms with van der Waals surface area (Å²) in [6, 6.07) is 7.01. The smallest absolute Gasteiger partial charge is 0.258 e. The van der Waals surface area contributed by atoms with Gasteiger partial charge in [0.05, 0.1) is 16.7 Å². The van der Waals surface area contributed by atoms with Crippen molar-refractivity contribution in [2.24, 2.45) is 0 Å². The first-order valence-corrected chi connectivity index (χ1v) is 8.88. The average Bonchev–Trinajstić information content (AvgIpc) is 2.97. The third kappa shape index (κ3) is 3.10. The average molecular weight is 373 g/mol. The fourth-order valence-electron chi connectivity index (χ4n) is 2.57. The summed E-state index contributed by atoms with van der Waals surface area (Å²) in [5.74, 6) is 1.57. The van der Waals surface area contributed by atoms with Gasteiger partial charge in [0.1, 0.15) is 5.82 Å². The molecule has 9 heteroatoms. The van der Waals surface area contributed by atoms with Crippen LogP contribution in [0.2, 0.25) is 5.02 Å².